The number of nitrogens with zero attached hydrogens (tertiary/aromatic N) is 7. The Morgan fingerprint density at radius 3 is 2.75 bits per heavy atom. The zero-order valence-electron chi connectivity index (χ0n) is 22.5. The van der Waals surface area contributed by atoms with Gasteiger partial charge in [0.1, 0.15) is 17.9 Å². The molecule has 40 heavy (non-hydrogen) atoms. The number of hydrogen-bond donors (Lipinski definition) is 2. The van der Waals surface area contributed by atoms with Gasteiger partial charge in [-0.2, -0.15) is 5.10 Å². The largest absolute Gasteiger partial charge is 0.420 e. The van der Waals surface area contributed by atoms with Crippen LogP contribution in [0.3, 0.4) is 0 Å². The second kappa shape index (κ2) is 9.95. The fourth-order valence-corrected chi connectivity index (χ4v) is 6.76. The van der Waals surface area contributed by atoms with E-state index in [4.69, 9.17) is 4.42 Å². The van der Waals surface area contributed by atoms with Crippen LogP contribution in [0.15, 0.2) is 16.8 Å². The minimum absolute atomic E-state index is 0.0376. The van der Waals surface area contributed by atoms with Crippen molar-refractivity contribution in [1.82, 2.24) is 40.1 Å². The summed E-state index contributed by atoms with van der Waals surface area (Å²) < 4.78 is 9.24. The lowest BCUT2D eigenvalue weighted by Crippen LogP contribution is -2.28. The Kier molecular flexibility index (Phi) is 6.25. The number of thiophene rings is 1. The molecule has 0 saturated heterocycles. The number of fused-ring (bicyclic) bond motifs is 1. The number of anilines is 2. The fourth-order valence-electron chi connectivity index (χ4n) is 5.41. The van der Waals surface area contributed by atoms with Crippen LogP contribution >= 0.6 is 11.3 Å². The molecule has 0 unspecified atom stereocenters. The third-order valence-corrected chi connectivity index (χ3v) is 9.27. The summed E-state index contributed by atoms with van der Waals surface area (Å²) in [6.45, 7) is 2.44. The van der Waals surface area contributed by atoms with Crippen molar-refractivity contribution in [3.63, 3.8) is 0 Å². The lowest BCUT2D eigenvalue weighted by Gasteiger charge is -2.25. The normalized spacial score (nSPS) is 18.5. The number of hydrogen-bond acceptors (Lipinski definition) is 10. The average Bonchev–Trinajstić information content (AvgIpc) is 3.80. The monoisotopic (exact) mass is 561 g/mol. The van der Waals surface area contributed by atoms with Gasteiger partial charge in [-0.1, -0.05) is 0 Å². The zero-order valence-corrected chi connectivity index (χ0v) is 23.3. The number of carbonyl (C=O) groups is 2. The fraction of sp³-hybridized carbons (Fsp3) is 0.519. The maximum Gasteiger partial charge on any atom is 0.268 e. The van der Waals surface area contributed by atoms with Crippen LogP contribution in [0, 0.1) is 18.8 Å². The summed E-state index contributed by atoms with van der Waals surface area (Å²) in [5.41, 5.74) is 2.36. The SMILES string of the molecule is Cc1nnc(-c2cc(Nc3nncn3[C@H]3CCc4sc(CC(=O)C5CC5)c(C(=O)NCC5CC5)c4C3)n(C)n2)o1. The molecule has 2 fully saturated rings. The molecule has 12 nitrogen and oxygen atoms in total. The second-order valence-corrected chi connectivity index (χ2v) is 12.3. The first-order valence-corrected chi connectivity index (χ1v) is 14.7. The molecule has 0 aliphatic heterocycles. The van der Waals surface area contributed by atoms with Crippen LogP contribution in [0.2, 0.25) is 0 Å². The molecule has 4 aromatic rings. The molecule has 0 aromatic carbocycles. The van der Waals surface area contributed by atoms with Crippen LogP contribution in [0.5, 0.6) is 0 Å². The molecule has 3 aliphatic rings. The van der Waals surface area contributed by atoms with Gasteiger partial charge in [0.05, 0.1) is 5.56 Å². The van der Waals surface area contributed by atoms with E-state index in [9.17, 15) is 9.59 Å². The van der Waals surface area contributed by atoms with Gasteiger partial charge in [0.25, 0.3) is 11.8 Å². The first-order chi connectivity index (χ1) is 19.4. The maximum absolute atomic E-state index is 13.5. The standard InChI is InChI=1S/C27H31N9O3S/c1-14-31-32-26(39-14)19-10-23(35(2)34-19)30-27-33-29-13-36(27)17-7-8-21-18(9-17)24(25(38)28-12-15-3-4-15)22(40-21)11-20(37)16-5-6-16/h10,13,15-17H,3-9,11-12H2,1-2H3,(H,28,38)(H,30,33)/t17-/m0/s1. The number of carbonyl (C=O) groups excluding carboxylic acids is 2. The van der Waals surface area contributed by atoms with Crippen LogP contribution in [0.4, 0.5) is 11.8 Å². The van der Waals surface area contributed by atoms with Crippen LogP contribution in [-0.4, -0.2) is 53.0 Å². The molecular weight excluding hydrogens is 530 g/mol. The molecule has 0 bridgehead atoms. The minimum Gasteiger partial charge on any atom is -0.420 e. The van der Waals surface area contributed by atoms with Gasteiger partial charge in [-0.05, 0) is 56.4 Å². The molecule has 4 heterocycles. The van der Waals surface area contributed by atoms with E-state index in [-0.39, 0.29) is 23.7 Å². The number of Topliss-reactive ketones (excluding diaryl/α,β-unsaturated/α-hetero) is 1. The van der Waals surface area contributed by atoms with Crippen LogP contribution in [0.1, 0.15) is 69.7 Å². The Morgan fingerprint density at radius 2 is 2.00 bits per heavy atom. The van der Waals surface area contributed by atoms with Gasteiger partial charge in [0, 0.05) is 54.7 Å². The van der Waals surface area contributed by atoms with Crippen LogP contribution in [0.25, 0.3) is 11.6 Å². The summed E-state index contributed by atoms with van der Waals surface area (Å²) in [6, 6.07) is 1.89. The average molecular weight is 562 g/mol. The summed E-state index contributed by atoms with van der Waals surface area (Å²) in [7, 11) is 1.82. The quantitative estimate of drug-likeness (QED) is 0.297. The smallest absolute Gasteiger partial charge is 0.268 e. The number of aromatic nitrogens is 7. The van der Waals surface area contributed by atoms with Crippen molar-refractivity contribution >= 4 is 34.8 Å². The van der Waals surface area contributed by atoms with Gasteiger partial charge in [0.2, 0.25) is 11.8 Å². The lowest BCUT2D eigenvalue weighted by atomic mass is 9.90. The third kappa shape index (κ3) is 4.93. The molecule has 4 aromatic heterocycles. The molecule has 2 saturated carbocycles. The van der Waals surface area contributed by atoms with Crippen molar-refractivity contribution in [2.45, 2.75) is 64.3 Å². The third-order valence-electron chi connectivity index (χ3n) is 7.98. The molecule has 0 spiro atoms. The predicted octanol–water partition coefficient (Wildman–Crippen LogP) is 3.57. The Balaban J connectivity index is 1.14. The van der Waals surface area contributed by atoms with Gasteiger partial charge in [-0.25, -0.2) is 0 Å². The van der Waals surface area contributed by atoms with Crippen molar-refractivity contribution < 1.29 is 14.0 Å². The van der Waals surface area contributed by atoms with Gasteiger partial charge >= 0.3 is 0 Å². The van der Waals surface area contributed by atoms with Gasteiger partial charge in [0.15, 0.2) is 5.69 Å². The molecule has 3 aliphatic carbocycles. The molecule has 0 radical (unpaired) electrons. The van der Waals surface area contributed by atoms with E-state index in [1.54, 1.807) is 29.3 Å². The minimum atomic E-state index is -0.0376. The number of amides is 1. The molecular formula is C27H31N9O3S. The highest BCUT2D eigenvalue weighted by molar-refractivity contribution is 7.12. The summed E-state index contributed by atoms with van der Waals surface area (Å²) in [4.78, 5) is 28.4. The van der Waals surface area contributed by atoms with Crippen molar-refractivity contribution in [3.8, 4) is 11.6 Å². The topological polar surface area (TPSA) is 146 Å². The van der Waals surface area contributed by atoms with Crippen molar-refractivity contribution in [3.05, 3.63) is 39.2 Å². The van der Waals surface area contributed by atoms with E-state index >= 15 is 0 Å². The van der Waals surface area contributed by atoms with Crippen LogP contribution in [-0.2, 0) is 31.1 Å². The summed E-state index contributed by atoms with van der Waals surface area (Å²) >= 11 is 1.65. The Labute approximate surface area is 234 Å². The number of nitrogens with one attached hydrogen (secondary N) is 2. The van der Waals surface area contributed by atoms with E-state index in [2.05, 4.69) is 36.1 Å². The second-order valence-electron chi connectivity index (χ2n) is 11.1. The van der Waals surface area contributed by atoms with E-state index in [0.29, 0.717) is 54.5 Å². The van der Waals surface area contributed by atoms with Gasteiger partial charge < -0.3 is 15.1 Å². The summed E-state index contributed by atoms with van der Waals surface area (Å²) in [5, 5.41) is 27.5. The predicted molar refractivity (Wildman–Crippen MR) is 146 cm³/mol. The van der Waals surface area contributed by atoms with E-state index < -0.39 is 0 Å². The lowest BCUT2D eigenvalue weighted by molar-refractivity contribution is -0.119. The van der Waals surface area contributed by atoms with Gasteiger partial charge in [-0.3, -0.25) is 18.8 Å². The van der Waals surface area contributed by atoms with Gasteiger partial charge in [-0.15, -0.1) is 31.7 Å². The van der Waals surface area contributed by atoms with Crippen molar-refractivity contribution in [2.24, 2.45) is 18.9 Å². The van der Waals surface area contributed by atoms with E-state index in [1.807, 2.05) is 17.7 Å². The zero-order chi connectivity index (χ0) is 27.4. The Hall–Kier alpha value is -3.87. The highest BCUT2D eigenvalue weighted by atomic mass is 32.1. The number of rotatable bonds is 10. The van der Waals surface area contributed by atoms with E-state index in [0.717, 1.165) is 41.7 Å². The highest BCUT2D eigenvalue weighted by Gasteiger charge is 2.35. The molecule has 2 N–H and O–H groups in total. The molecule has 13 heteroatoms. The highest BCUT2D eigenvalue weighted by Crippen LogP contribution is 2.41. The molecule has 208 valence electrons. The Bertz CT molecular complexity index is 1590. The van der Waals surface area contributed by atoms with Crippen molar-refractivity contribution in [2.75, 3.05) is 11.9 Å². The number of aryl methyl sites for hydroxylation is 3. The number of ketones is 1. The van der Waals surface area contributed by atoms with E-state index in [1.165, 1.54) is 17.7 Å². The van der Waals surface area contributed by atoms with Crippen molar-refractivity contribution in [1.29, 1.82) is 0 Å². The Morgan fingerprint density at radius 1 is 1.15 bits per heavy atom. The summed E-state index contributed by atoms with van der Waals surface area (Å²) in [5.74, 6) is 3.11. The molecule has 1 atom stereocenters. The first kappa shape index (κ1) is 25.1. The summed E-state index contributed by atoms with van der Waals surface area (Å²) in [6.07, 6.45) is 8.80. The first-order valence-electron chi connectivity index (χ1n) is 13.9. The van der Waals surface area contributed by atoms with Crippen LogP contribution < -0.4 is 10.6 Å². The maximum atomic E-state index is 13.5. The molecule has 7 rings (SSSR count). The molecule has 1 amide bonds.